The maximum Gasteiger partial charge on any atom is 1.00 e. The molecule has 0 saturated carbocycles. The Morgan fingerprint density at radius 3 is 2.21 bits per heavy atom. The van der Waals surface area contributed by atoms with Crippen LogP contribution in [0.2, 0.25) is 0 Å². The SMILES string of the molecule is COC(=O)CCC(=O)P(=O)(O)OC.[H-].[Na+]. The number of ether oxygens (including phenoxy) is 1. The quantitative estimate of drug-likeness (QED) is 0.319. The maximum absolute atomic E-state index is 10.9. The van der Waals surface area contributed by atoms with Crippen molar-refractivity contribution in [2.75, 3.05) is 14.2 Å². The Morgan fingerprint density at radius 2 is 1.86 bits per heavy atom. The van der Waals surface area contributed by atoms with Crippen LogP contribution in [0.15, 0.2) is 0 Å². The van der Waals surface area contributed by atoms with Gasteiger partial charge in [0.25, 0.3) is 0 Å². The van der Waals surface area contributed by atoms with Crippen LogP contribution in [0.25, 0.3) is 0 Å². The fourth-order valence-electron chi connectivity index (χ4n) is 0.554. The zero-order valence-electron chi connectivity index (χ0n) is 9.35. The molecule has 0 radical (unpaired) electrons. The van der Waals surface area contributed by atoms with Crippen LogP contribution in [-0.2, 0) is 23.4 Å². The van der Waals surface area contributed by atoms with Crippen LogP contribution < -0.4 is 29.6 Å². The Bertz CT molecular complexity index is 258. The minimum atomic E-state index is -4.18. The van der Waals surface area contributed by atoms with E-state index < -0.39 is 19.1 Å². The number of hydrogen-bond acceptors (Lipinski definition) is 5. The first-order chi connectivity index (χ1) is 5.94. The third kappa shape index (κ3) is 5.90. The molecule has 0 aliphatic heterocycles. The molecule has 14 heavy (non-hydrogen) atoms. The molecule has 0 saturated heterocycles. The van der Waals surface area contributed by atoms with Crippen molar-refractivity contribution >= 4 is 19.1 Å². The van der Waals surface area contributed by atoms with E-state index in [2.05, 4.69) is 9.26 Å². The first-order valence-corrected chi connectivity index (χ1v) is 5.00. The molecule has 1 unspecified atom stereocenters. The summed E-state index contributed by atoms with van der Waals surface area (Å²) in [4.78, 5) is 30.2. The van der Waals surface area contributed by atoms with Crippen LogP contribution in [0.5, 0.6) is 0 Å². The Balaban J connectivity index is -0.000000720. The van der Waals surface area contributed by atoms with Crippen molar-refractivity contribution in [1.29, 1.82) is 0 Å². The fraction of sp³-hybridized carbons (Fsp3) is 0.667. The molecule has 0 heterocycles. The summed E-state index contributed by atoms with van der Waals surface area (Å²) in [5, 5.41) is 0. The molecule has 0 aromatic rings. The molecular weight excluding hydrogens is 222 g/mol. The van der Waals surface area contributed by atoms with E-state index in [1.807, 2.05) is 0 Å². The predicted molar refractivity (Wildman–Crippen MR) is 44.2 cm³/mol. The summed E-state index contributed by atoms with van der Waals surface area (Å²) in [6, 6.07) is 0. The third-order valence-corrected chi connectivity index (χ3v) is 2.68. The summed E-state index contributed by atoms with van der Waals surface area (Å²) in [7, 11) is -2.05. The van der Waals surface area contributed by atoms with Crippen molar-refractivity contribution in [3.8, 4) is 0 Å². The van der Waals surface area contributed by atoms with Gasteiger partial charge in [-0.1, -0.05) is 0 Å². The first-order valence-electron chi connectivity index (χ1n) is 3.42. The van der Waals surface area contributed by atoms with Gasteiger partial charge in [-0.2, -0.15) is 0 Å². The monoisotopic (exact) mass is 234 g/mol. The van der Waals surface area contributed by atoms with Gasteiger partial charge in [0.15, 0.2) is 0 Å². The maximum atomic E-state index is 10.9. The van der Waals surface area contributed by atoms with Crippen LogP contribution in [-0.4, -0.2) is 30.6 Å². The zero-order chi connectivity index (χ0) is 10.5. The van der Waals surface area contributed by atoms with Crippen LogP contribution in [0.3, 0.4) is 0 Å². The van der Waals surface area contributed by atoms with Gasteiger partial charge in [-0.15, -0.1) is 0 Å². The van der Waals surface area contributed by atoms with Crippen molar-refractivity contribution in [3.05, 3.63) is 0 Å². The summed E-state index contributed by atoms with van der Waals surface area (Å²) in [6.07, 6.45) is -0.572. The van der Waals surface area contributed by atoms with Crippen LogP contribution in [0, 0.1) is 0 Å². The van der Waals surface area contributed by atoms with Gasteiger partial charge in [0.1, 0.15) is 0 Å². The number of hydrogen-bond donors (Lipinski definition) is 1. The van der Waals surface area contributed by atoms with Crippen molar-refractivity contribution in [1.82, 2.24) is 0 Å². The summed E-state index contributed by atoms with van der Waals surface area (Å²) >= 11 is 0. The molecule has 0 amide bonds. The first kappa shape index (κ1) is 16.7. The Kier molecular flexibility index (Phi) is 9.03. The van der Waals surface area contributed by atoms with Crippen LogP contribution in [0.4, 0.5) is 0 Å². The molecule has 0 bridgehead atoms. The third-order valence-electron chi connectivity index (χ3n) is 1.33. The fourth-order valence-corrected chi connectivity index (χ4v) is 1.15. The van der Waals surface area contributed by atoms with Gasteiger partial charge in [-0.3, -0.25) is 14.2 Å². The van der Waals surface area contributed by atoms with E-state index in [0.29, 0.717) is 0 Å². The normalized spacial score (nSPS) is 13.6. The Hall–Kier alpha value is 0.290. The second-order valence-corrected chi connectivity index (χ2v) is 4.08. The second-order valence-electron chi connectivity index (χ2n) is 2.17. The van der Waals surface area contributed by atoms with Crippen molar-refractivity contribution < 1.29 is 59.3 Å². The largest absolute Gasteiger partial charge is 1.00 e. The van der Waals surface area contributed by atoms with Crippen LogP contribution in [0.1, 0.15) is 14.3 Å². The Labute approximate surface area is 105 Å². The molecule has 0 aromatic heterocycles. The molecule has 1 atom stereocenters. The molecule has 6 nitrogen and oxygen atoms in total. The number of rotatable bonds is 5. The second kappa shape index (κ2) is 7.56. The molecule has 0 aliphatic carbocycles. The average molecular weight is 234 g/mol. The van der Waals surface area contributed by atoms with Crippen molar-refractivity contribution in [2.45, 2.75) is 12.8 Å². The average Bonchev–Trinajstić information content (AvgIpc) is 2.13. The van der Waals surface area contributed by atoms with E-state index in [1.165, 1.54) is 7.11 Å². The summed E-state index contributed by atoms with van der Waals surface area (Å²) < 4.78 is 19.1. The van der Waals surface area contributed by atoms with Gasteiger partial charge in [0.05, 0.1) is 13.5 Å². The van der Waals surface area contributed by atoms with Gasteiger partial charge >= 0.3 is 43.1 Å². The zero-order valence-corrected chi connectivity index (χ0v) is 11.2. The molecule has 0 aromatic carbocycles. The smallest absolute Gasteiger partial charge is 1.00 e. The van der Waals surface area contributed by atoms with E-state index in [-0.39, 0.29) is 43.8 Å². The number of esters is 1. The summed E-state index contributed by atoms with van der Waals surface area (Å²) in [5.41, 5.74) is -0.986. The van der Waals surface area contributed by atoms with E-state index in [4.69, 9.17) is 4.89 Å². The number of carbonyl (C=O) groups excluding carboxylic acids is 2. The minimum Gasteiger partial charge on any atom is -1.00 e. The van der Waals surface area contributed by atoms with Crippen molar-refractivity contribution in [3.63, 3.8) is 0 Å². The standard InChI is InChI=1S/C6H11O6P.Na.H/c1-11-5(7)3-4-6(8)13(9,10)12-2;;/h3-4H2,1-2H3,(H,9,10);;/q;+1;-1. The summed E-state index contributed by atoms with van der Waals surface area (Å²) in [6.45, 7) is 0. The molecule has 8 heteroatoms. The Morgan fingerprint density at radius 1 is 1.36 bits per heavy atom. The van der Waals surface area contributed by atoms with E-state index in [9.17, 15) is 14.2 Å². The minimum absolute atomic E-state index is 0. The molecule has 0 fully saturated rings. The molecular formula is C6H12NaO6P. The molecule has 1 N–H and O–H groups in total. The molecule has 78 valence electrons. The molecule has 0 rings (SSSR count). The molecule has 0 spiro atoms. The predicted octanol–water partition coefficient (Wildman–Crippen LogP) is -2.59. The molecule has 0 aliphatic rings. The van der Waals surface area contributed by atoms with Gasteiger partial charge < -0.3 is 15.6 Å². The summed E-state index contributed by atoms with van der Waals surface area (Å²) in [5.74, 6) is -0.607. The van der Waals surface area contributed by atoms with Crippen molar-refractivity contribution in [2.24, 2.45) is 0 Å². The van der Waals surface area contributed by atoms with Gasteiger partial charge in [0, 0.05) is 13.5 Å². The van der Waals surface area contributed by atoms with Crippen LogP contribution >= 0.6 is 7.60 Å². The number of methoxy groups -OCH3 is 1. The van der Waals surface area contributed by atoms with Gasteiger partial charge in [-0.05, 0) is 0 Å². The number of carbonyl (C=O) groups is 2. The van der Waals surface area contributed by atoms with E-state index >= 15 is 0 Å². The van der Waals surface area contributed by atoms with E-state index in [0.717, 1.165) is 7.11 Å². The van der Waals surface area contributed by atoms with Gasteiger partial charge in [0.2, 0.25) is 5.52 Å². The topological polar surface area (TPSA) is 89.9 Å². The van der Waals surface area contributed by atoms with Gasteiger partial charge in [-0.25, -0.2) is 0 Å². The van der Waals surface area contributed by atoms with E-state index in [1.54, 1.807) is 0 Å².